The van der Waals surface area contributed by atoms with Crippen molar-refractivity contribution in [3.8, 4) is 5.75 Å². The Morgan fingerprint density at radius 2 is 2.17 bits per heavy atom. The third kappa shape index (κ3) is 3.17. The van der Waals surface area contributed by atoms with Crippen LogP contribution in [0.3, 0.4) is 0 Å². The van der Waals surface area contributed by atoms with Gasteiger partial charge in [-0.05, 0) is 43.7 Å². The van der Waals surface area contributed by atoms with Gasteiger partial charge in [-0.25, -0.2) is 0 Å². The van der Waals surface area contributed by atoms with Crippen LogP contribution in [0.4, 0.5) is 0 Å². The highest BCUT2D eigenvalue weighted by atomic mass is 32.2. The largest absolute Gasteiger partial charge is 0.497 e. The van der Waals surface area contributed by atoms with Gasteiger partial charge in [0.2, 0.25) is 0 Å². The van der Waals surface area contributed by atoms with Crippen molar-refractivity contribution in [1.29, 1.82) is 0 Å². The smallest absolute Gasteiger partial charge is 0.162 e. The number of Topliss-reactive ketones (excluding diaryl/α,β-unsaturated/α-hetero) is 1. The molecule has 18 heavy (non-hydrogen) atoms. The highest BCUT2D eigenvalue weighted by Crippen LogP contribution is 2.15. The fourth-order valence-corrected chi connectivity index (χ4v) is 3.07. The van der Waals surface area contributed by atoms with Crippen molar-refractivity contribution < 1.29 is 13.7 Å². The van der Waals surface area contributed by atoms with Crippen LogP contribution in [0.25, 0.3) is 0 Å². The zero-order valence-electron chi connectivity index (χ0n) is 10.3. The Hall–Kier alpha value is -1.20. The number of methoxy groups -OCH3 is 1. The first-order valence-corrected chi connectivity index (χ1v) is 7.31. The molecule has 4 nitrogen and oxygen atoms in total. The monoisotopic (exact) mass is 267 g/mol. The van der Waals surface area contributed by atoms with Gasteiger partial charge in [0.1, 0.15) is 5.75 Å². The average molecular weight is 267 g/mol. The van der Waals surface area contributed by atoms with Gasteiger partial charge in [0.15, 0.2) is 5.78 Å². The number of nitrogens with one attached hydrogen (secondary N) is 1. The van der Waals surface area contributed by atoms with Gasteiger partial charge in [-0.3, -0.25) is 9.00 Å². The molecule has 2 unspecified atom stereocenters. The van der Waals surface area contributed by atoms with E-state index in [-0.39, 0.29) is 17.6 Å². The fraction of sp³-hybridized carbons (Fsp3) is 0.462. The third-order valence-corrected chi connectivity index (χ3v) is 4.39. The lowest BCUT2D eigenvalue weighted by atomic mass is 10.2. The topological polar surface area (TPSA) is 55.4 Å². The van der Waals surface area contributed by atoms with Crippen LogP contribution in [0.1, 0.15) is 12.8 Å². The molecule has 5 heteroatoms. The highest BCUT2D eigenvalue weighted by Gasteiger charge is 2.23. The third-order valence-electron chi connectivity index (χ3n) is 3.04. The van der Waals surface area contributed by atoms with Gasteiger partial charge in [-0.1, -0.05) is 0 Å². The predicted octanol–water partition coefficient (Wildman–Crippen LogP) is 1.12. The van der Waals surface area contributed by atoms with Crippen molar-refractivity contribution in [2.45, 2.75) is 23.8 Å². The van der Waals surface area contributed by atoms with Gasteiger partial charge >= 0.3 is 0 Å². The second kappa shape index (κ2) is 6.11. The average Bonchev–Trinajstić information content (AvgIpc) is 2.92. The van der Waals surface area contributed by atoms with Crippen molar-refractivity contribution in [2.75, 3.05) is 19.4 Å². The molecule has 98 valence electrons. The molecular weight excluding hydrogens is 250 g/mol. The predicted molar refractivity (Wildman–Crippen MR) is 70.3 cm³/mol. The number of ketones is 1. The SMILES string of the molecule is COc1ccc(S(=O)CC(=O)C2CCCN2)cc1. The maximum absolute atomic E-state index is 12.0. The van der Waals surface area contributed by atoms with E-state index in [1.165, 1.54) is 0 Å². The van der Waals surface area contributed by atoms with Crippen LogP contribution in [0.5, 0.6) is 5.75 Å². The van der Waals surface area contributed by atoms with E-state index < -0.39 is 10.8 Å². The number of rotatable bonds is 5. The molecule has 1 heterocycles. The quantitative estimate of drug-likeness (QED) is 0.868. The molecule has 1 aliphatic heterocycles. The van der Waals surface area contributed by atoms with Gasteiger partial charge in [-0.15, -0.1) is 0 Å². The fourth-order valence-electron chi connectivity index (χ4n) is 2.00. The van der Waals surface area contributed by atoms with Gasteiger partial charge in [0.05, 0.1) is 29.7 Å². The summed E-state index contributed by atoms with van der Waals surface area (Å²) in [5.41, 5.74) is 0. The molecule has 1 N–H and O–H groups in total. The molecule has 1 saturated heterocycles. The number of carbonyl (C=O) groups excluding carboxylic acids is 1. The number of carbonyl (C=O) groups is 1. The van der Waals surface area contributed by atoms with E-state index in [9.17, 15) is 9.00 Å². The summed E-state index contributed by atoms with van der Waals surface area (Å²) in [5.74, 6) is 0.852. The summed E-state index contributed by atoms with van der Waals surface area (Å²) < 4.78 is 17.1. The molecule has 0 radical (unpaired) electrons. The Kier molecular flexibility index (Phi) is 4.49. The van der Waals surface area contributed by atoms with Crippen molar-refractivity contribution in [2.24, 2.45) is 0 Å². The molecule has 0 saturated carbocycles. The van der Waals surface area contributed by atoms with Crippen LogP contribution in [0.15, 0.2) is 29.2 Å². The molecule has 0 bridgehead atoms. The summed E-state index contributed by atoms with van der Waals surface area (Å²) in [6.07, 6.45) is 1.88. The number of hydrogen-bond acceptors (Lipinski definition) is 4. The second-order valence-electron chi connectivity index (χ2n) is 4.28. The lowest BCUT2D eigenvalue weighted by molar-refractivity contribution is -0.118. The van der Waals surface area contributed by atoms with Crippen molar-refractivity contribution in [3.05, 3.63) is 24.3 Å². The van der Waals surface area contributed by atoms with E-state index in [0.29, 0.717) is 4.90 Å². The van der Waals surface area contributed by atoms with E-state index in [2.05, 4.69) is 5.32 Å². The van der Waals surface area contributed by atoms with Crippen LogP contribution in [0.2, 0.25) is 0 Å². The molecule has 0 aromatic heterocycles. The Morgan fingerprint density at radius 3 is 2.72 bits per heavy atom. The first kappa shape index (κ1) is 13.2. The Balaban J connectivity index is 1.95. The first-order valence-electron chi connectivity index (χ1n) is 5.99. The van der Waals surface area contributed by atoms with E-state index >= 15 is 0 Å². The Morgan fingerprint density at radius 1 is 1.44 bits per heavy atom. The minimum Gasteiger partial charge on any atom is -0.497 e. The second-order valence-corrected chi connectivity index (χ2v) is 5.73. The van der Waals surface area contributed by atoms with Gasteiger partial charge < -0.3 is 10.1 Å². The maximum Gasteiger partial charge on any atom is 0.162 e. The van der Waals surface area contributed by atoms with Crippen molar-refractivity contribution in [1.82, 2.24) is 5.32 Å². The molecule has 2 atom stereocenters. The van der Waals surface area contributed by atoms with E-state index in [1.807, 2.05) is 0 Å². The molecule has 0 amide bonds. The number of hydrogen-bond donors (Lipinski definition) is 1. The summed E-state index contributed by atoms with van der Waals surface area (Å²) in [7, 11) is 0.320. The lowest BCUT2D eigenvalue weighted by Gasteiger charge is -2.08. The standard InChI is InChI=1S/C13H17NO3S/c1-17-10-4-6-11(7-5-10)18(16)9-13(15)12-3-2-8-14-12/h4-7,12,14H,2-3,8-9H2,1H3. The van der Waals surface area contributed by atoms with Crippen LogP contribution >= 0.6 is 0 Å². The zero-order chi connectivity index (χ0) is 13.0. The Bertz CT molecular complexity index is 438. The van der Waals surface area contributed by atoms with Gasteiger partial charge in [-0.2, -0.15) is 0 Å². The van der Waals surface area contributed by atoms with Crippen LogP contribution in [0, 0.1) is 0 Å². The zero-order valence-corrected chi connectivity index (χ0v) is 11.2. The summed E-state index contributed by atoms with van der Waals surface area (Å²) in [6, 6.07) is 6.89. The van der Waals surface area contributed by atoms with Gasteiger partial charge in [0, 0.05) is 4.90 Å². The summed E-state index contributed by atoms with van der Waals surface area (Å²) >= 11 is 0. The molecular formula is C13H17NO3S. The molecule has 1 aliphatic rings. The summed E-state index contributed by atoms with van der Waals surface area (Å²) in [6.45, 7) is 0.881. The van der Waals surface area contributed by atoms with Crippen LogP contribution in [-0.4, -0.2) is 35.4 Å². The summed E-state index contributed by atoms with van der Waals surface area (Å²) in [5, 5.41) is 3.13. The van der Waals surface area contributed by atoms with E-state index in [1.54, 1.807) is 31.4 Å². The number of benzene rings is 1. The van der Waals surface area contributed by atoms with Crippen LogP contribution in [-0.2, 0) is 15.6 Å². The normalized spacial score (nSPS) is 20.6. The van der Waals surface area contributed by atoms with Crippen molar-refractivity contribution >= 4 is 16.6 Å². The van der Waals surface area contributed by atoms with E-state index in [0.717, 1.165) is 25.1 Å². The molecule has 1 aromatic rings. The molecule has 0 aliphatic carbocycles. The van der Waals surface area contributed by atoms with Gasteiger partial charge in [0.25, 0.3) is 0 Å². The van der Waals surface area contributed by atoms with E-state index in [4.69, 9.17) is 4.74 Å². The Labute approximate surface area is 109 Å². The highest BCUT2D eigenvalue weighted by molar-refractivity contribution is 7.85. The lowest BCUT2D eigenvalue weighted by Crippen LogP contribution is -2.33. The molecule has 0 spiro atoms. The minimum atomic E-state index is -1.26. The first-order chi connectivity index (χ1) is 8.70. The van der Waals surface area contributed by atoms with Crippen LogP contribution < -0.4 is 10.1 Å². The molecule has 2 rings (SSSR count). The summed E-state index contributed by atoms with van der Waals surface area (Å²) in [4.78, 5) is 12.5. The van der Waals surface area contributed by atoms with Crippen molar-refractivity contribution in [3.63, 3.8) is 0 Å². The molecule has 1 aromatic carbocycles. The molecule has 1 fully saturated rings. The maximum atomic E-state index is 12.0. The number of ether oxygens (including phenoxy) is 1. The minimum absolute atomic E-state index is 0.0432.